The van der Waals surface area contributed by atoms with Gasteiger partial charge in [-0.3, -0.25) is 14.4 Å². The zero-order valence-corrected chi connectivity index (χ0v) is 13.4. The highest BCUT2D eigenvalue weighted by atomic mass is 19.4. The van der Waals surface area contributed by atoms with Gasteiger partial charge in [0.2, 0.25) is 11.8 Å². The molecule has 0 aliphatic carbocycles. The van der Waals surface area contributed by atoms with Gasteiger partial charge in [-0.1, -0.05) is 0 Å². The molecule has 0 fully saturated rings. The van der Waals surface area contributed by atoms with Gasteiger partial charge in [0.05, 0.1) is 25.1 Å². The number of halogens is 3. The number of hydrogen-bond acceptors (Lipinski definition) is 4. The SMILES string of the molecule is COc1ccc(NC(=O)CC(CC(=O)O)C(F)(F)F)cc1NC(C)=O. The van der Waals surface area contributed by atoms with E-state index in [1.54, 1.807) is 0 Å². The number of ether oxygens (including phenoxy) is 1. The Bertz CT molecular complexity index is 661. The molecule has 0 aliphatic rings. The number of nitrogens with one attached hydrogen (secondary N) is 2. The number of rotatable bonds is 7. The van der Waals surface area contributed by atoms with Crippen molar-refractivity contribution in [3.05, 3.63) is 18.2 Å². The molecule has 0 saturated carbocycles. The van der Waals surface area contributed by atoms with Crippen molar-refractivity contribution in [2.24, 2.45) is 5.92 Å². The second-order valence-electron chi connectivity index (χ2n) is 5.18. The molecule has 1 aromatic rings. The number of carbonyl (C=O) groups excluding carboxylic acids is 2. The largest absolute Gasteiger partial charge is 0.495 e. The highest BCUT2D eigenvalue weighted by molar-refractivity contribution is 5.94. The topological polar surface area (TPSA) is 105 Å². The summed E-state index contributed by atoms with van der Waals surface area (Å²) < 4.78 is 43.4. The van der Waals surface area contributed by atoms with Crippen LogP contribution >= 0.6 is 0 Å². The summed E-state index contributed by atoms with van der Waals surface area (Å²) in [4.78, 5) is 33.5. The van der Waals surface area contributed by atoms with Gasteiger partial charge >= 0.3 is 12.1 Å². The molecule has 0 bridgehead atoms. The maximum Gasteiger partial charge on any atom is 0.392 e. The van der Waals surface area contributed by atoms with E-state index in [0.717, 1.165) is 0 Å². The summed E-state index contributed by atoms with van der Waals surface area (Å²) in [7, 11) is 1.36. The normalized spacial score (nSPS) is 12.2. The minimum Gasteiger partial charge on any atom is -0.495 e. The monoisotopic (exact) mass is 362 g/mol. The lowest BCUT2D eigenvalue weighted by Crippen LogP contribution is -2.30. The average molecular weight is 362 g/mol. The van der Waals surface area contributed by atoms with Gasteiger partial charge in [0.25, 0.3) is 0 Å². The fourth-order valence-corrected chi connectivity index (χ4v) is 2.02. The van der Waals surface area contributed by atoms with Crippen LogP contribution in [0.1, 0.15) is 19.8 Å². The summed E-state index contributed by atoms with van der Waals surface area (Å²) in [6.07, 6.45) is -7.04. The van der Waals surface area contributed by atoms with E-state index in [1.807, 2.05) is 0 Å². The molecule has 7 nitrogen and oxygen atoms in total. The Kier molecular flexibility index (Phi) is 6.77. The van der Waals surface area contributed by atoms with Gasteiger partial charge in [-0.25, -0.2) is 0 Å². The van der Waals surface area contributed by atoms with E-state index < -0.39 is 42.7 Å². The van der Waals surface area contributed by atoms with Crippen molar-refractivity contribution in [2.45, 2.75) is 25.9 Å². The highest BCUT2D eigenvalue weighted by Gasteiger charge is 2.42. The summed E-state index contributed by atoms with van der Waals surface area (Å²) in [5.74, 6) is -5.04. The minimum atomic E-state index is -4.81. The molecular formula is C15H17F3N2O5. The van der Waals surface area contributed by atoms with Crippen molar-refractivity contribution < 1.29 is 37.4 Å². The van der Waals surface area contributed by atoms with Gasteiger partial charge in [-0.15, -0.1) is 0 Å². The zero-order chi connectivity index (χ0) is 19.2. The van der Waals surface area contributed by atoms with E-state index in [4.69, 9.17) is 9.84 Å². The van der Waals surface area contributed by atoms with E-state index in [-0.39, 0.29) is 11.4 Å². The van der Waals surface area contributed by atoms with Crippen LogP contribution in [0.2, 0.25) is 0 Å². The van der Waals surface area contributed by atoms with Gasteiger partial charge < -0.3 is 20.5 Å². The molecule has 138 valence electrons. The Morgan fingerprint density at radius 3 is 2.32 bits per heavy atom. The number of benzene rings is 1. The van der Waals surface area contributed by atoms with Crippen molar-refractivity contribution in [3.63, 3.8) is 0 Å². The molecule has 1 aromatic carbocycles. The summed E-state index contributed by atoms with van der Waals surface area (Å²) in [5.41, 5.74) is 0.358. The molecular weight excluding hydrogens is 345 g/mol. The fourth-order valence-electron chi connectivity index (χ4n) is 2.02. The first kappa shape index (κ1) is 20.3. The number of aliphatic carboxylic acids is 1. The van der Waals surface area contributed by atoms with Crippen molar-refractivity contribution in [1.82, 2.24) is 0 Å². The molecule has 0 aliphatic heterocycles. The molecule has 0 saturated heterocycles. The Balaban J connectivity index is 2.88. The molecule has 0 aromatic heterocycles. The number of carbonyl (C=O) groups is 3. The Morgan fingerprint density at radius 2 is 1.84 bits per heavy atom. The highest BCUT2D eigenvalue weighted by Crippen LogP contribution is 2.32. The number of carboxylic acids is 1. The zero-order valence-electron chi connectivity index (χ0n) is 13.4. The second-order valence-corrected chi connectivity index (χ2v) is 5.18. The van der Waals surface area contributed by atoms with E-state index in [0.29, 0.717) is 5.75 Å². The summed E-state index contributed by atoms with van der Waals surface area (Å²) in [6.45, 7) is 1.25. The standard InChI is InChI=1S/C15H17F3N2O5/c1-8(21)19-11-7-10(3-4-12(11)25-2)20-13(22)5-9(6-14(23)24)15(16,17)18/h3-4,7,9H,5-6H2,1-2H3,(H,19,21)(H,20,22)(H,23,24). The van der Waals surface area contributed by atoms with Crippen LogP contribution in [0.3, 0.4) is 0 Å². The third kappa shape index (κ3) is 6.69. The smallest absolute Gasteiger partial charge is 0.392 e. The molecule has 1 atom stereocenters. The van der Waals surface area contributed by atoms with Crippen molar-refractivity contribution in [1.29, 1.82) is 0 Å². The molecule has 0 heterocycles. The molecule has 25 heavy (non-hydrogen) atoms. The first-order chi connectivity index (χ1) is 11.5. The van der Waals surface area contributed by atoms with Crippen LogP contribution in [0.15, 0.2) is 18.2 Å². The number of methoxy groups -OCH3 is 1. The van der Waals surface area contributed by atoms with Crippen LogP contribution in [-0.2, 0) is 14.4 Å². The van der Waals surface area contributed by atoms with Crippen LogP contribution in [0.5, 0.6) is 5.75 Å². The second kappa shape index (κ2) is 8.36. The van der Waals surface area contributed by atoms with Crippen molar-refractivity contribution >= 4 is 29.2 Å². The summed E-state index contributed by atoms with van der Waals surface area (Å²) in [6, 6.07) is 4.11. The number of anilines is 2. The van der Waals surface area contributed by atoms with Crippen LogP contribution < -0.4 is 15.4 Å². The lowest BCUT2D eigenvalue weighted by molar-refractivity contribution is -0.185. The van der Waals surface area contributed by atoms with Crippen LogP contribution in [0.4, 0.5) is 24.5 Å². The number of amides is 2. The maximum absolute atomic E-state index is 12.8. The number of hydrogen-bond donors (Lipinski definition) is 3. The van der Waals surface area contributed by atoms with E-state index >= 15 is 0 Å². The molecule has 3 N–H and O–H groups in total. The number of carboxylic acid groups (broad SMARTS) is 1. The third-order valence-electron chi connectivity index (χ3n) is 3.11. The lowest BCUT2D eigenvalue weighted by atomic mass is 10.0. The lowest BCUT2D eigenvalue weighted by Gasteiger charge is -2.18. The van der Waals surface area contributed by atoms with Crippen molar-refractivity contribution in [3.8, 4) is 5.75 Å². The van der Waals surface area contributed by atoms with Gasteiger partial charge in [-0.05, 0) is 18.2 Å². The van der Waals surface area contributed by atoms with Gasteiger partial charge in [0.1, 0.15) is 5.75 Å². The fraction of sp³-hybridized carbons (Fsp3) is 0.400. The van der Waals surface area contributed by atoms with Crippen molar-refractivity contribution in [2.75, 3.05) is 17.7 Å². The Morgan fingerprint density at radius 1 is 1.20 bits per heavy atom. The Hall–Kier alpha value is -2.78. The van der Waals surface area contributed by atoms with Gasteiger partial charge in [0, 0.05) is 19.0 Å². The predicted molar refractivity (Wildman–Crippen MR) is 82.3 cm³/mol. The van der Waals surface area contributed by atoms with E-state index in [2.05, 4.69) is 10.6 Å². The van der Waals surface area contributed by atoms with E-state index in [9.17, 15) is 27.6 Å². The van der Waals surface area contributed by atoms with Gasteiger partial charge in [-0.2, -0.15) is 13.2 Å². The average Bonchev–Trinajstić information content (AvgIpc) is 2.44. The van der Waals surface area contributed by atoms with Crippen LogP contribution in [-0.4, -0.2) is 36.2 Å². The molecule has 1 unspecified atom stereocenters. The van der Waals surface area contributed by atoms with E-state index in [1.165, 1.54) is 32.2 Å². The Labute approximate surface area is 141 Å². The van der Waals surface area contributed by atoms with Crippen LogP contribution in [0.25, 0.3) is 0 Å². The molecule has 0 spiro atoms. The molecule has 1 rings (SSSR count). The van der Waals surface area contributed by atoms with Crippen LogP contribution in [0, 0.1) is 5.92 Å². The first-order valence-corrected chi connectivity index (χ1v) is 7.07. The quantitative estimate of drug-likeness (QED) is 0.692. The minimum absolute atomic E-state index is 0.130. The summed E-state index contributed by atoms with van der Waals surface area (Å²) >= 11 is 0. The maximum atomic E-state index is 12.8. The third-order valence-corrected chi connectivity index (χ3v) is 3.11. The predicted octanol–water partition coefficient (Wildman–Crippen LogP) is 2.64. The molecule has 2 amide bonds. The molecule has 10 heteroatoms. The van der Waals surface area contributed by atoms with Gasteiger partial charge in [0.15, 0.2) is 0 Å². The number of alkyl halides is 3. The summed E-state index contributed by atoms with van der Waals surface area (Å²) in [5, 5.41) is 13.2. The first-order valence-electron chi connectivity index (χ1n) is 7.07. The molecule has 0 radical (unpaired) electrons.